The van der Waals surface area contributed by atoms with E-state index in [9.17, 15) is 4.79 Å². The summed E-state index contributed by atoms with van der Waals surface area (Å²) in [6, 6.07) is 13.7. The lowest BCUT2D eigenvalue weighted by Crippen LogP contribution is -2.24. The number of nitrogens with zero attached hydrogens (tertiary/aromatic N) is 2. The molecule has 98 valence electrons. The highest BCUT2D eigenvalue weighted by Crippen LogP contribution is 2.26. The lowest BCUT2D eigenvalue weighted by molar-refractivity contribution is -0.117. The second-order valence-corrected chi connectivity index (χ2v) is 4.83. The van der Waals surface area contributed by atoms with Crippen LogP contribution in [0, 0.1) is 18.3 Å². The molecule has 0 aliphatic carbocycles. The zero-order valence-corrected chi connectivity index (χ0v) is 11.0. The molecular weight excluding hydrogens is 248 g/mol. The third kappa shape index (κ3) is 2.28. The Morgan fingerprint density at radius 1 is 1.20 bits per heavy atom. The maximum atomic E-state index is 11.9. The summed E-state index contributed by atoms with van der Waals surface area (Å²) in [5.41, 5.74) is 2.86. The smallest absolute Gasteiger partial charge is 0.228 e. The van der Waals surface area contributed by atoms with Gasteiger partial charge in [0.1, 0.15) is 0 Å². The number of hydrogen-bond donors (Lipinski definition) is 0. The van der Waals surface area contributed by atoms with Gasteiger partial charge in [0.25, 0.3) is 0 Å². The van der Waals surface area contributed by atoms with Gasteiger partial charge in [0, 0.05) is 36.3 Å². The van der Waals surface area contributed by atoms with E-state index in [0.29, 0.717) is 13.0 Å². The average molecular weight is 262 g/mol. The van der Waals surface area contributed by atoms with Gasteiger partial charge in [-0.05, 0) is 24.3 Å². The molecule has 1 unspecified atom stereocenters. The quantitative estimate of drug-likeness (QED) is 0.780. The molecule has 1 aliphatic heterocycles. The van der Waals surface area contributed by atoms with Gasteiger partial charge in [0.15, 0.2) is 0 Å². The largest absolute Gasteiger partial charge is 0.311 e. The molecule has 3 heteroatoms. The molecule has 2 heterocycles. The van der Waals surface area contributed by atoms with Crippen LogP contribution < -0.4 is 4.90 Å². The number of carbonyl (C=O) groups excluding carboxylic acids is 1. The van der Waals surface area contributed by atoms with Gasteiger partial charge in [0.05, 0.1) is 5.69 Å². The van der Waals surface area contributed by atoms with Crippen LogP contribution in [-0.2, 0) is 4.79 Å². The molecule has 0 spiro atoms. The number of hydrogen-bond acceptors (Lipinski definition) is 2. The van der Waals surface area contributed by atoms with Crippen LogP contribution in [0.1, 0.15) is 6.42 Å². The highest BCUT2D eigenvalue weighted by atomic mass is 16.2. The van der Waals surface area contributed by atoms with Crippen molar-refractivity contribution in [2.75, 3.05) is 11.4 Å². The van der Waals surface area contributed by atoms with Crippen LogP contribution in [0.4, 0.5) is 5.69 Å². The van der Waals surface area contributed by atoms with E-state index in [1.807, 2.05) is 42.5 Å². The number of carbonyl (C=O) groups is 1. The van der Waals surface area contributed by atoms with Crippen molar-refractivity contribution in [1.29, 1.82) is 0 Å². The van der Waals surface area contributed by atoms with Crippen molar-refractivity contribution in [3.63, 3.8) is 0 Å². The minimum atomic E-state index is 0.0259. The first-order valence-electron chi connectivity index (χ1n) is 6.56. The third-order valence-corrected chi connectivity index (χ3v) is 3.50. The van der Waals surface area contributed by atoms with E-state index in [-0.39, 0.29) is 11.8 Å². The molecule has 0 radical (unpaired) electrons. The summed E-state index contributed by atoms with van der Waals surface area (Å²) in [4.78, 5) is 18.0. The van der Waals surface area contributed by atoms with Gasteiger partial charge in [-0.2, -0.15) is 0 Å². The van der Waals surface area contributed by atoms with Crippen LogP contribution in [0.2, 0.25) is 0 Å². The van der Waals surface area contributed by atoms with E-state index in [1.165, 1.54) is 0 Å². The molecule has 1 amide bonds. The minimum absolute atomic E-state index is 0.0259. The topological polar surface area (TPSA) is 33.2 Å². The standard InChI is InChI=1S/C17H14N2O/c1-2-13-11-17(20)19(12-13)15-8-6-14(7-9-15)16-5-3-4-10-18-16/h1,3-10,13H,11-12H2. The SMILES string of the molecule is C#CC1CC(=O)N(c2ccc(-c3ccccn3)cc2)C1. The Hall–Kier alpha value is -2.60. The van der Waals surface area contributed by atoms with E-state index in [1.54, 1.807) is 11.1 Å². The van der Waals surface area contributed by atoms with E-state index in [0.717, 1.165) is 16.9 Å². The van der Waals surface area contributed by atoms with Crippen molar-refractivity contribution in [1.82, 2.24) is 4.98 Å². The normalized spacial score (nSPS) is 18.1. The van der Waals surface area contributed by atoms with Crippen LogP contribution in [0.25, 0.3) is 11.3 Å². The van der Waals surface area contributed by atoms with Crippen molar-refractivity contribution in [2.24, 2.45) is 5.92 Å². The molecule has 1 atom stereocenters. The molecule has 1 aromatic carbocycles. The van der Waals surface area contributed by atoms with Gasteiger partial charge < -0.3 is 4.90 Å². The highest BCUT2D eigenvalue weighted by molar-refractivity contribution is 5.96. The Kier molecular flexibility index (Phi) is 3.22. The second kappa shape index (κ2) is 5.18. The number of pyridine rings is 1. The average Bonchev–Trinajstić information content (AvgIpc) is 2.89. The third-order valence-electron chi connectivity index (χ3n) is 3.50. The molecule has 0 N–H and O–H groups in total. The summed E-state index contributed by atoms with van der Waals surface area (Å²) in [6.07, 6.45) is 7.61. The lowest BCUT2D eigenvalue weighted by atomic mass is 10.1. The molecule has 1 aromatic heterocycles. The van der Waals surface area contributed by atoms with Crippen LogP contribution in [-0.4, -0.2) is 17.4 Å². The Labute approximate surface area is 118 Å². The Bertz CT molecular complexity index is 656. The van der Waals surface area contributed by atoms with Crippen molar-refractivity contribution < 1.29 is 4.79 Å². The Morgan fingerprint density at radius 2 is 2.00 bits per heavy atom. The second-order valence-electron chi connectivity index (χ2n) is 4.83. The summed E-state index contributed by atoms with van der Waals surface area (Å²) in [5.74, 6) is 2.78. The maximum absolute atomic E-state index is 11.9. The first kappa shape index (κ1) is 12.4. The van der Waals surface area contributed by atoms with Crippen LogP contribution >= 0.6 is 0 Å². The first-order chi connectivity index (χ1) is 9.78. The summed E-state index contributed by atoms with van der Waals surface area (Å²) >= 11 is 0. The van der Waals surface area contributed by atoms with Gasteiger partial charge in [0.2, 0.25) is 5.91 Å². The Morgan fingerprint density at radius 3 is 2.60 bits per heavy atom. The molecule has 0 saturated carbocycles. The molecule has 2 aromatic rings. The highest BCUT2D eigenvalue weighted by Gasteiger charge is 2.29. The molecule has 1 saturated heterocycles. The molecule has 20 heavy (non-hydrogen) atoms. The summed E-state index contributed by atoms with van der Waals surface area (Å²) < 4.78 is 0. The Balaban J connectivity index is 1.84. The fraction of sp³-hybridized carbons (Fsp3) is 0.176. The fourth-order valence-corrected chi connectivity index (χ4v) is 2.41. The molecule has 3 rings (SSSR count). The number of anilines is 1. The summed E-state index contributed by atoms with van der Waals surface area (Å²) in [5, 5.41) is 0. The molecule has 0 bridgehead atoms. The van der Waals surface area contributed by atoms with Gasteiger partial charge in [-0.25, -0.2) is 0 Å². The van der Waals surface area contributed by atoms with Crippen molar-refractivity contribution in [3.8, 4) is 23.6 Å². The number of aromatic nitrogens is 1. The fourth-order valence-electron chi connectivity index (χ4n) is 2.41. The van der Waals surface area contributed by atoms with E-state index < -0.39 is 0 Å². The van der Waals surface area contributed by atoms with Crippen molar-refractivity contribution >= 4 is 11.6 Å². The van der Waals surface area contributed by atoms with Gasteiger partial charge >= 0.3 is 0 Å². The molecule has 1 aliphatic rings. The van der Waals surface area contributed by atoms with Crippen molar-refractivity contribution in [3.05, 3.63) is 48.7 Å². The van der Waals surface area contributed by atoms with E-state index >= 15 is 0 Å². The van der Waals surface area contributed by atoms with Gasteiger partial charge in [-0.3, -0.25) is 9.78 Å². The minimum Gasteiger partial charge on any atom is -0.311 e. The van der Waals surface area contributed by atoms with Crippen LogP contribution in [0.3, 0.4) is 0 Å². The zero-order chi connectivity index (χ0) is 13.9. The van der Waals surface area contributed by atoms with E-state index in [4.69, 9.17) is 6.42 Å². The number of terminal acetylenes is 1. The van der Waals surface area contributed by atoms with Crippen LogP contribution in [0.5, 0.6) is 0 Å². The lowest BCUT2D eigenvalue weighted by Gasteiger charge is -2.16. The number of rotatable bonds is 2. The summed E-state index contributed by atoms with van der Waals surface area (Å²) in [6.45, 7) is 0.609. The van der Waals surface area contributed by atoms with Crippen LogP contribution in [0.15, 0.2) is 48.7 Å². The predicted molar refractivity (Wildman–Crippen MR) is 79.0 cm³/mol. The number of amides is 1. The monoisotopic (exact) mass is 262 g/mol. The molecule has 1 fully saturated rings. The zero-order valence-electron chi connectivity index (χ0n) is 11.0. The number of benzene rings is 1. The van der Waals surface area contributed by atoms with Gasteiger partial charge in [-0.15, -0.1) is 12.3 Å². The van der Waals surface area contributed by atoms with E-state index in [2.05, 4.69) is 10.9 Å². The maximum Gasteiger partial charge on any atom is 0.228 e. The molecular formula is C17H14N2O. The molecule has 3 nitrogen and oxygen atoms in total. The summed E-state index contributed by atoms with van der Waals surface area (Å²) in [7, 11) is 0. The predicted octanol–water partition coefficient (Wildman–Crippen LogP) is 2.73. The van der Waals surface area contributed by atoms with Gasteiger partial charge in [-0.1, -0.05) is 18.2 Å². The van der Waals surface area contributed by atoms with Crippen molar-refractivity contribution in [2.45, 2.75) is 6.42 Å². The first-order valence-corrected chi connectivity index (χ1v) is 6.56.